The first kappa shape index (κ1) is 22.6. The van der Waals surface area contributed by atoms with Crippen molar-refractivity contribution in [3.63, 3.8) is 0 Å². The molecule has 1 heterocycles. The number of carbonyl (C=O) groups excluding carboxylic acids is 1. The summed E-state index contributed by atoms with van der Waals surface area (Å²) in [6.07, 6.45) is 0.151. The van der Waals surface area contributed by atoms with E-state index in [0.29, 0.717) is 44.0 Å². The van der Waals surface area contributed by atoms with Gasteiger partial charge in [0.2, 0.25) is 0 Å². The molecule has 0 aliphatic carbocycles. The minimum atomic E-state index is -0.883. The quantitative estimate of drug-likeness (QED) is 0.618. The van der Waals surface area contributed by atoms with E-state index in [2.05, 4.69) is 5.32 Å². The van der Waals surface area contributed by atoms with Crippen LogP contribution in [0.3, 0.4) is 0 Å². The van der Waals surface area contributed by atoms with Crippen molar-refractivity contribution in [3.05, 3.63) is 65.2 Å². The molecule has 2 N–H and O–H groups in total. The summed E-state index contributed by atoms with van der Waals surface area (Å²) in [5.74, 6) is -0.274. The molecule has 1 aliphatic heterocycles. The van der Waals surface area contributed by atoms with Gasteiger partial charge < -0.3 is 19.9 Å². The molecule has 2 aromatic rings. The number of nitrogens with zero attached hydrogens (tertiary/aromatic N) is 1. The number of carboxylic acid groups (broad SMARTS) is 1. The van der Waals surface area contributed by atoms with E-state index < -0.39 is 23.7 Å². The molecule has 0 saturated heterocycles. The normalized spacial score (nSPS) is 14.5. The molecule has 0 radical (unpaired) electrons. The molecule has 1 atom stereocenters. The van der Waals surface area contributed by atoms with Crippen LogP contribution in [0.2, 0.25) is 0 Å². The topological polar surface area (TPSA) is 88.1 Å². The van der Waals surface area contributed by atoms with Crippen molar-refractivity contribution in [2.24, 2.45) is 0 Å². The molecule has 1 amide bonds. The van der Waals surface area contributed by atoms with Gasteiger partial charge in [-0.15, -0.1) is 0 Å². The Labute approximate surface area is 183 Å². The minimum absolute atomic E-state index is 0.395. The standard InChI is InChI=1S/C24H30N2O5/c1-24(2,3)31-23(29)25-12-7-13-30-20-11-6-10-17(14-20)21(22(27)28)26-15-18-8-4-5-9-19(18)16-26/h4-6,8-11,14,21H,7,12-13,15-16H2,1-3H3,(H,25,29)(H,27,28)/t21-/m0/s1. The fraction of sp³-hybridized carbons (Fsp3) is 0.417. The van der Waals surface area contributed by atoms with Gasteiger partial charge in [0.05, 0.1) is 6.61 Å². The van der Waals surface area contributed by atoms with Crippen molar-refractivity contribution in [2.45, 2.75) is 51.9 Å². The molecule has 2 aromatic carbocycles. The molecule has 7 heteroatoms. The number of amides is 1. The Bertz CT molecular complexity index is 897. The maximum Gasteiger partial charge on any atom is 0.407 e. The fourth-order valence-electron chi connectivity index (χ4n) is 3.59. The Morgan fingerprint density at radius 1 is 1.10 bits per heavy atom. The Hall–Kier alpha value is -3.06. The highest BCUT2D eigenvalue weighted by atomic mass is 16.6. The van der Waals surface area contributed by atoms with Crippen LogP contribution in [-0.2, 0) is 22.6 Å². The summed E-state index contributed by atoms with van der Waals surface area (Å²) in [6.45, 7) is 7.48. The van der Waals surface area contributed by atoms with Crippen LogP contribution in [0, 0.1) is 0 Å². The molecule has 7 nitrogen and oxygen atoms in total. The van der Waals surface area contributed by atoms with Gasteiger partial charge in [-0.1, -0.05) is 36.4 Å². The van der Waals surface area contributed by atoms with Gasteiger partial charge in [-0.3, -0.25) is 9.69 Å². The van der Waals surface area contributed by atoms with Crippen LogP contribution in [0.5, 0.6) is 5.75 Å². The Balaban J connectivity index is 1.54. The zero-order chi connectivity index (χ0) is 22.4. The van der Waals surface area contributed by atoms with Gasteiger partial charge in [-0.05, 0) is 56.0 Å². The predicted octanol–water partition coefficient (Wildman–Crippen LogP) is 4.12. The van der Waals surface area contributed by atoms with Crippen molar-refractivity contribution in [2.75, 3.05) is 13.2 Å². The lowest BCUT2D eigenvalue weighted by Gasteiger charge is -2.24. The number of nitrogens with one attached hydrogen (secondary N) is 1. The molecule has 0 spiro atoms. The lowest BCUT2D eigenvalue weighted by atomic mass is 10.1. The highest BCUT2D eigenvalue weighted by molar-refractivity contribution is 5.76. The molecule has 0 fully saturated rings. The van der Waals surface area contributed by atoms with Crippen LogP contribution in [0.1, 0.15) is 49.9 Å². The molecular weight excluding hydrogens is 396 g/mol. The lowest BCUT2D eigenvalue weighted by Crippen LogP contribution is -2.33. The minimum Gasteiger partial charge on any atom is -0.494 e. The smallest absolute Gasteiger partial charge is 0.407 e. The van der Waals surface area contributed by atoms with Gasteiger partial charge >= 0.3 is 12.1 Å². The average molecular weight is 427 g/mol. The molecule has 0 bridgehead atoms. The molecule has 3 rings (SSSR count). The van der Waals surface area contributed by atoms with Crippen molar-refractivity contribution < 1.29 is 24.2 Å². The third-order valence-corrected chi connectivity index (χ3v) is 4.90. The second kappa shape index (κ2) is 9.83. The third-order valence-electron chi connectivity index (χ3n) is 4.90. The van der Waals surface area contributed by atoms with E-state index >= 15 is 0 Å². The summed E-state index contributed by atoms with van der Waals surface area (Å²) in [4.78, 5) is 25.7. The van der Waals surface area contributed by atoms with Gasteiger partial charge in [0.1, 0.15) is 17.4 Å². The fourth-order valence-corrected chi connectivity index (χ4v) is 3.59. The molecule has 1 aliphatic rings. The number of ether oxygens (including phenoxy) is 2. The van der Waals surface area contributed by atoms with Gasteiger partial charge in [0.25, 0.3) is 0 Å². The van der Waals surface area contributed by atoms with Crippen molar-refractivity contribution >= 4 is 12.1 Å². The molecule has 0 unspecified atom stereocenters. The molecule has 31 heavy (non-hydrogen) atoms. The second-order valence-corrected chi connectivity index (χ2v) is 8.62. The van der Waals surface area contributed by atoms with E-state index in [1.165, 1.54) is 11.1 Å². The van der Waals surface area contributed by atoms with Crippen LogP contribution in [0.15, 0.2) is 48.5 Å². The molecular formula is C24H30N2O5. The van der Waals surface area contributed by atoms with Crippen molar-refractivity contribution in [1.29, 1.82) is 0 Å². The number of benzene rings is 2. The monoisotopic (exact) mass is 426 g/mol. The second-order valence-electron chi connectivity index (χ2n) is 8.62. The summed E-state index contributed by atoms with van der Waals surface area (Å²) in [5.41, 5.74) is 2.49. The van der Waals surface area contributed by atoms with Crippen molar-refractivity contribution in [1.82, 2.24) is 10.2 Å². The summed E-state index contributed by atoms with van der Waals surface area (Å²) < 4.78 is 11.0. The molecule has 0 saturated carbocycles. The maximum atomic E-state index is 12.1. The largest absolute Gasteiger partial charge is 0.494 e. The first-order valence-corrected chi connectivity index (χ1v) is 10.5. The zero-order valence-electron chi connectivity index (χ0n) is 18.3. The van der Waals surface area contributed by atoms with E-state index in [9.17, 15) is 14.7 Å². The van der Waals surface area contributed by atoms with E-state index in [1.807, 2.05) is 68.1 Å². The Kier molecular flexibility index (Phi) is 7.17. The number of hydrogen-bond acceptors (Lipinski definition) is 5. The first-order valence-electron chi connectivity index (χ1n) is 10.5. The van der Waals surface area contributed by atoms with E-state index in [0.717, 1.165) is 0 Å². The Morgan fingerprint density at radius 3 is 2.39 bits per heavy atom. The summed E-state index contributed by atoms with van der Waals surface area (Å²) >= 11 is 0. The van der Waals surface area contributed by atoms with E-state index in [1.54, 1.807) is 6.07 Å². The number of hydrogen-bond donors (Lipinski definition) is 2. The number of alkyl carbamates (subject to hydrolysis) is 1. The Morgan fingerprint density at radius 2 is 1.77 bits per heavy atom. The molecule has 166 valence electrons. The lowest BCUT2D eigenvalue weighted by molar-refractivity contribution is -0.143. The SMILES string of the molecule is CC(C)(C)OC(=O)NCCCOc1cccc([C@@H](C(=O)O)N2Cc3ccccc3C2)c1. The van der Waals surface area contributed by atoms with Gasteiger partial charge in [-0.25, -0.2) is 4.79 Å². The molecule has 0 aromatic heterocycles. The number of carbonyl (C=O) groups is 2. The van der Waals surface area contributed by atoms with E-state index in [4.69, 9.17) is 9.47 Å². The summed E-state index contributed by atoms with van der Waals surface area (Å²) in [7, 11) is 0. The summed E-state index contributed by atoms with van der Waals surface area (Å²) in [6, 6.07) is 14.5. The first-order chi connectivity index (χ1) is 14.7. The van der Waals surface area contributed by atoms with E-state index in [-0.39, 0.29) is 0 Å². The highest BCUT2D eigenvalue weighted by Crippen LogP contribution is 2.32. The van der Waals surface area contributed by atoms with Gasteiger partial charge in [0, 0.05) is 19.6 Å². The number of aliphatic carboxylic acids is 1. The number of rotatable bonds is 8. The number of fused-ring (bicyclic) bond motifs is 1. The highest BCUT2D eigenvalue weighted by Gasteiger charge is 2.32. The van der Waals surface area contributed by atoms with Gasteiger partial charge in [-0.2, -0.15) is 0 Å². The number of carboxylic acids is 1. The van der Waals surface area contributed by atoms with Crippen LogP contribution >= 0.6 is 0 Å². The predicted molar refractivity (Wildman–Crippen MR) is 117 cm³/mol. The van der Waals surface area contributed by atoms with Crippen LogP contribution in [0.25, 0.3) is 0 Å². The van der Waals surface area contributed by atoms with Crippen molar-refractivity contribution in [3.8, 4) is 5.75 Å². The van der Waals surface area contributed by atoms with Crippen LogP contribution in [0.4, 0.5) is 4.79 Å². The maximum absolute atomic E-state index is 12.1. The van der Waals surface area contributed by atoms with Crippen LogP contribution < -0.4 is 10.1 Å². The summed E-state index contributed by atoms with van der Waals surface area (Å²) in [5, 5.41) is 12.6. The van der Waals surface area contributed by atoms with Gasteiger partial charge in [0.15, 0.2) is 0 Å². The third kappa shape index (κ3) is 6.46. The van der Waals surface area contributed by atoms with Crippen LogP contribution in [-0.4, -0.2) is 40.8 Å². The average Bonchev–Trinajstić information content (AvgIpc) is 3.10. The zero-order valence-corrected chi connectivity index (χ0v) is 18.3.